The fourth-order valence-electron chi connectivity index (χ4n) is 11.7. The van der Waals surface area contributed by atoms with Crippen LogP contribution in [-0.2, 0) is 20.8 Å². The molecular formula is C51H62F2N6O6. The molecule has 4 atom stereocenters. The predicted molar refractivity (Wildman–Crippen MR) is 246 cm³/mol. The number of ether oxygens (including phenoxy) is 4. The molecule has 1 N–H and O–H groups in total. The normalized spacial score (nSPS) is 26.3. The first-order valence-corrected chi connectivity index (χ1v) is 23.5. The number of piperazine rings is 1. The van der Waals surface area contributed by atoms with Gasteiger partial charge in [0.05, 0.1) is 51.2 Å². The van der Waals surface area contributed by atoms with Gasteiger partial charge in [0.25, 0.3) is 12.3 Å². The predicted octanol–water partition coefficient (Wildman–Crippen LogP) is 7.17. The van der Waals surface area contributed by atoms with E-state index >= 15 is 0 Å². The number of rotatable bonds is 9. The third-order valence-corrected chi connectivity index (χ3v) is 15.2. The number of benzene rings is 3. The molecule has 14 heteroatoms. The summed E-state index contributed by atoms with van der Waals surface area (Å²) in [5.41, 5.74) is 9.83. The molecule has 12 nitrogen and oxygen atoms in total. The van der Waals surface area contributed by atoms with Gasteiger partial charge in [-0.15, -0.1) is 0 Å². The summed E-state index contributed by atoms with van der Waals surface area (Å²) in [6.07, 6.45) is 0.967. The van der Waals surface area contributed by atoms with Crippen molar-refractivity contribution in [2.45, 2.75) is 95.8 Å². The van der Waals surface area contributed by atoms with E-state index in [1.54, 1.807) is 12.0 Å². The molecule has 0 radical (unpaired) electrons. The Morgan fingerprint density at radius 2 is 1.74 bits per heavy atom. The van der Waals surface area contributed by atoms with Crippen molar-refractivity contribution < 1.29 is 37.3 Å². The van der Waals surface area contributed by atoms with E-state index in [0.29, 0.717) is 62.6 Å². The van der Waals surface area contributed by atoms with Crippen LogP contribution in [0.15, 0.2) is 72.4 Å². The zero-order valence-corrected chi connectivity index (χ0v) is 38.1. The van der Waals surface area contributed by atoms with E-state index in [1.807, 2.05) is 29.2 Å². The molecule has 1 spiro atoms. The number of aryl methyl sites for hydroxylation is 1. The van der Waals surface area contributed by atoms with E-state index in [0.717, 1.165) is 85.9 Å². The molecule has 4 saturated heterocycles. The van der Waals surface area contributed by atoms with Gasteiger partial charge in [0.1, 0.15) is 24.1 Å². The Morgan fingerprint density at radius 3 is 2.48 bits per heavy atom. The Bertz CT molecular complexity index is 2370. The molecule has 0 saturated carbocycles. The van der Waals surface area contributed by atoms with Crippen LogP contribution in [0.2, 0.25) is 0 Å². The van der Waals surface area contributed by atoms with Crippen LogP contribution in [0.25, 0.3) is 5.57 Å². The summed E-state index contributed by atoms with van der Waals surface area (Å²) in [7, 11) is 1.67. The van der Waals surface area contributed by atoms with Crippen LogP contribution in [0.5, 0.6) is 11.5 Å². The second kappa shape index (κ2) is 17.7. The number of fused-ring (bicyclic) bond motifs is 5. The molecule has 3 aromatic carbocycles. The van der Waals surface area contributed by atoms with Crippen LogP contribution in [0, 0.1) is 12.8 Å². The minimum Gasteiger partial charge on any atom is -0.496 e. The van der Waals surface area contributed by atoms with Crippen molar-refractivity contribution in [3.63, 3.8) is 0 Å². The van der Waals surface area contributed by atoms with E-state index in [9.17, 15) is 18.4 Å². The third-order valence-electron chi connectivity index (χ3n) is 15.2. The molecule has 2 amide bonds. The molecule has 3 aromatic rings. The van der Waals surface area contributed by atoms with Gasteiger partial charge in [0.15, 0.2) is 5.79 Å². The van der Waals surface area contributed by atoms with E-state index in [2.05, 4.69) is 77.7 Å². The molecule has 346 valence electrons. The van der Waals surface area contributed by atoms with Crippen molar-refractivity contribution in [2.75, 3.05) is 82.5 Å². The van der Waals surface area contributed by atoms with Gasteiger partial charge in [-0.1, -0.05) is 36.9 Å². The first-order chi connectivity index (χ1) is 31.4. The lowest BCUT2D eigenvalue weighted by Crippen LogP contribution is -2.59. The van der Waals surface area contributed by atoms with Crippen LogP contribution in [-0.4, -0.2) is 130 Å². The van der Waals surface area contributed by atoms with Crippen LogP contribution >= 0.6 is 0 Å². The Morgan fingerprint density at radius 1 is 0.954 bits per heavy atom. The molecule has 4 fully saturated rings. The van der Waals surface area contributed by atoms with Crippen molar-refractivity contribution in [2.24, 2.45) is 5.92 Å². The van der Waals surface area contributed by atoms with Crippen molar-refractivity contribution in [1.29, 1.82) is 0 Å². The van der Waals surface area contributed by atoms with Gasteiger partial charge in [0.2, 0.25) is 5.91 Å². The number of hydrogen-bond acceptors (Lipinski definition) is 10. The Balaban J connectivity index is 0.744. The van der Waals surface area contributed by atoms with Crippen molar-refractivity contribution in [1.82, 2.24) is 20.0 Å². The minimum absolute atomic E-state index is 0.0782. The molecule has 0 aliphatic carbocycles. The number of carbonyl (C=O) groups is 2. The SMILES string of the molecule is C=C1CC[C@@H](N2Cc3c(ccc4c3OCC3CN(CC5COC6(CCN(c7ccc([C@@H]8C(C)=C(c9ccccc9C)CC(C)N8CC(F)F)c(OC)c7)CC6)OC5)CCN43)C2=O)C(=O)N1. The highest BCUT2D eigenvalue weighted by molar-refractivity contribution is 6.03. The van der Waals surface area contributed by atoms with Gasteiger partial charge in [-0.05, 0) is 80.5 Å². The smallest absolute Gasteiger partial charge is 0.255 e. The number of amides is 2. The Hall–Kier alpha value is -5.02. The average Bonchev–Trinajstić information content (AvgIpc) is 3.64. The van der Waals surface area contributed by atoms with Crippen LogP contribution in [0.3, 0.4) is 0 Å². The lowest BCUT2D eigenvalue weighted by atomic mass is 9.81. The molecule has 0 aromatic heterocycles. The Kier molecular flexibility index (Phi) is 11.9. The summed E-state index contributed by atoms with van der Waals surface area (Å²) >= 11 is 0. The number of nitrogens with one attached hydrogen (secondary N) is 1. The zero-order chi connectivity index (χ0) is 45.1. The quantitative estimate of drug-likeness (QED) is 0.238. The summed E-state index contributed by atoms with van der Waals surface area (Å²) < 4.78 is 54.0. The molecule has 7 aliphatic rings. The lowest BCUT2D eigenvalue weighted by Gasteiger charge is -2.48. The summed E-state index contributed by atoms with van der Waals surface area (Å²) in [6, 6.07) is 17.8. The maximum atomic E-state index is 14.1. The molecular weight excluding hydrogens is 831 g/mol. The molecule has 65 heavy (non-hydrogen) atoms. The van der Waals surface area contributed by atoms with Gasteiger partial charge >= 0.3 is 0 Å². The second-order valence-electron chi connectivity index (χ2n) is 19.3. The van der Waals surface area contributed by atoms with Gasteiger partial charge in [-0.2, -0.15) is 0 Å². The molecule has 0 bridgehead atoms. The maximum absolute atomic E-state index is 14.1. The first-order valence-electron chi connectivity index (χ1n) is 23.5. The van der Waals surface area contributed by atoms with E-state index in [1.165, 1.54) is 16.7 Å². The zero-order valence-electron chi connectivity index (χ0n) is 38.1. The highest BCUT2D eigenvalue weighted by Crippen LogP contribution is 2.48. The van der Waals surface area contributed by atoms with Crippen LogP contribution < -0.4 is 24.6 Å². The average molecular weight is 893 g/mol. The molecule has 10 rings (SSSR count). The topological polar surface area (TPSA) is 99.3 Å². The maximum Gasteiger partial charge on any atom is 0.255 e. The number of carbonyl (C=O) groups excluding carboxylic acids is 2. The first kappa shape index (κ1) is 43.9. The lowest BCUT2D eigenvalue weighted by molar-refractivity contribution is -0.291. The highest BCUT2D eigenvalue weighted by atomic mass is 19.3. The number of piperidine rings is 2. The number of methoxy groups -OCH3 is 1. The van der Waals surface area contributed by atoms with Gasteiger partial charge < -0.3 is 39.0 Å². The van der Waals surface area contributed by atoms with Crippen LogP contribution in [0.1, 0.15) is 84.6 Å². The number of halogens is 2. The number of alkyl halides is 2. The molecule has 2 unspecified atom stereocenters. The van der Waals surface area contributed by atoms with Gasteiger partial charge in [-0.3, -0.25) is 19.4 Å². The summed E-state index contributed by atoms with van der Waals surface area (Å²) in [5.74, 6) is 0.843. The fourth-order valence-corrected chi connectivity index (χ4v) is 11.7. The standard InChI is InChI=1S/C51H62F2N6O6/c1-31-8-6-7-9-38(31)41-22-33(3)58(27-46(52)53)47(34(41)4)40-12-11-36(23-45(40)62-5)56-18-16-51(17-19-56)64-28-35(29-65-51)24-55-20-21-57-37(25-55)30-63-48-42-26-59(44-14-10-32(2)54-49(44)60)50(61)39(42)13-15-43(48)57/h6-9,11-13,15,23,33,35,37,44,46-47H,2,10,14,16-22,24-30H2,1,3-5H3,(H,54,60)/t33?,37?,44-,47+/m1/s1. The third kappa shape index (κ3) is 8.18. The highest BCUT2D eigenvalue weighted by Gasteiger charge is 2.45. The van der Waals surface area contributed by atoms with Crippen molar-refractivity contribution in [3.8, 4) is 11.5 Å². The number of hydrogen-bond donors (Lipinski definition) is 1. The van der Waals surface area contributed by atoms with E-state index in [-0.39, 0.29) is 42.4 Å². The molecule has 7 heterocycles. The summed E-state index contributed by atoms with van der Waals surface area (Å²) in [4.78, 5) is 37.2. The van der Waals surface area contributed by atoms with Crippen molar-refractivity contribution in [3.05, 3.63) is 100 Å². The monoisotopic (exact) mass is 892 g/mol. The van der Waals surface area contributed by atoms with Crippen LogP contribution in [0.4, 0.5) is 20.2 Å². The van der Waals surface area contributed by atoms with E-state index in [4.69, 9.17) is 18.9 Å². The minimum atomic E-state index is -2.45. The molecule has 7 aliphatic heterocycles. The Labute approximate surface area is 381 Å². The fraction of sp³-hybridized carbons (Fsp3) is 0.529. The van der Waals surface area contributed by atoms with Gasteiger partial charge in [0, 0.05) is 98.2 Å². The summed E-state index contributed by atoms with van der Waals surface area (Å²) in [5, 5.41) is 2.82. The second-order valence-corrected chi connectivity index (χ2v) is 19.3. The largest absolute Gasteiger partial charge is 0.496 e. The number of allylic oxidation sites excluding steroid dienone is 1. The van der Waals surface area contributed by atoms with Crippen molar-refractivity contribution >= 4 is 28.8 Å². The van der Waals surface area contributed by atoms with E-state index < -0.39 is 18.3 Å². The van der Waals surface area contributed by atoms with Gasteiger partial charge in [-0.25, -0.2) is 8.78 Å². The number of nitrogens with zero attached hydrogens (tertiary/aromatic N) is 5. The number of anilines is 2. The summed E-state index contributed by atoms with van der Waals surface area (Å²) in [6.45, 7) is 17.0.